The number of hydrogen-bond donors (Lipinski definition) is 7. The molecule has 0 aliphatic carbocycles. The number of carbonyl (C=O) groups is 4. The summed E-state index contributed by atoms with van der Waals surface area (Å²) < 4.78 is 149. The number of allylic oxidation sites excluding steroid dienone is 1. The highest BCUT2D eigenvalue weighted by Gasteiger charge is 2.57. The monoisotopic (exact) mass is 1090 g/mol. The van der Waals surface area contributed by atoms with Crippen molar-refractivity contribution in [3.05, 3.63) is 100 Å². The van der Waals surface area contributed by atoms with Gasteiger partial charge in [-0.05, 0) is 81.6 Å². The van der Waals surface area contributed by atoms with Crippen molar-refractivity contribution >= 4 is 41.6 Å². The molecule has 17 nitrogen and oxygen atoms in total. The molecule has 27 heteroatoms. The largest absolute Gasteiger partial charge is 0.453 e. The van der Waals surface area contributed by atoms with Crippen molar-refractivity contribution < 1.29 is 82.4 Å². The summed E-state index contributed by atoms with van der Waals surface area (Å²) in [7, 11) is 1.88. The molecule has 0 bridgehead atoms. The Bertz CT molecular complexity index is 2600. The van der Waals surface area contributed by atoms with Gasteiger partial charge in [0, 0.05) is 67.1 Å². The third kappa shape index (κ3) is 15.9. The number of alkyl carbamates (subject to hydrolysis) is 2. The summed E-state index contributed by atoms with van der Waals surface area (Å²) in [5, 5.41) is 20.1. The molecular weight excluding hydrogens is 1030 g/mol. The summed E-state index contributed by atoms with van der Waals surface area (Å²) in [5.41, 5.74) is 6.10. The Labute approximate surface area is 430 Å². The molecule has 0 saturated carbocycles. The molecule has 2 aliphatic rings. The number of nitrogens with two attached hydrogens (primary N) is 2. The Morgan fingerprint density at radius 1 is 0.855 bits per heavy atom. The second-order valence-electron chi connectivity index (χ2n) is 18.8. The van der Waals surface area contributed by atoms with Crippen LogP contribution in [0, 0.1) is 39.7 Å². The number of nitrogens with one attached hydrogen (secondary N) is 4. The van der Waals surface area contributed by atoms with Gasteiger partial charge in [0.1, 0.15) is 29.5 Å². The fraction of sp³-hybridized carbons (Fsp3) is 0.469. The second kappa shape index (κ2) is 25.6. The number of aliphatic hydroxyl groups is 1. The Kier molecular flexibility index (Phi) is 20.6. The highest BCUT2D eigenvalue weighted by Crippen LogP contribution is 2.42. The number of methoxy groups -OCH3 is 2. The number of rotatable bonds is 18. The van der Waals surface area contributed by atoms with E-state index in [4.69, 9.17) is 16.2 Å². The number of primary amides is 1. The van der Waals surface area contributed by atoms with Crippen LogP contribution < -0.4 is 37.6 Å². The van der Waals surface area contributed by atoms with E-state index in [1.54, 1.807) is 35.8 Å². The van der Waals surface area contributed by atoms with Gasteiger partial charge < -0.3 is 57.0 Å². The quantitative estimate of drug-likeness (QED) is 0.0363. The Morgan fingerprint density at radius 2 is 1.38 bits per heavy atom. The molecule has 76 heavy (non-hydrogen) atoms. The van der Waals surface area contributed by atoms with Crippen LogP contribution in [-0.2, 0) is 36.8 Å². The van der Waals surface area contributed by atoms with E-state index in [9.17, 15) is 59.4 Å². The van der Waals surface area contributed by atoms with Crippen LogP contribution >= 0.6 is 0 Å². The molecular formula is C49H57F10N9O8. The molecule has 1 spiro atoms. The average molecular weight is 1090 g/mol. The third-order valence-corrected chi connectivity index (χ3v) is 12.5. The summed E-state index contributed by atoms with van der Waals surface area (Å²) >= 11 is 0. The first-order valence-corrected chi connectivity index (χ1v) is 22.8. The maximum atomic E-state index is 15.0. The molecule has 3 heterocycles. The first-order valence-electron chi connectivity index (χ1n) is 22.8. The maximum absolute atomic E-state index is 15.0. The lowest BCUT2D eigenvalue weighted by molar-refractivity contribution is -0.220. The van der Waals surface area contributed by atoms with Crippen molar-refractivity contribution in [3.8, 4) is 11.8 Å². The van der Waals surface area contributed by atoms with Gasteiger partial charge in [-0.25, -0.2) is 28.3 Å². The van der Waals surface area contributed by atoms with Crippen molar-refractivity contribution in [1.82, 2.24) is 26.3 Å². The Hall–Kier alpha value is -7.18. The van der Waals surface area contributed by atoms with E-state index in [-0.39, 0.29) is 23.0 Å². The summed E-state index contributed by atoms with van der Waals surface area (Å²) in [6, 6.07) is 6.65. The van der Waals surface area contributed by atoms with E-state index in [1.165, 1.54) is 0 Å². The highest BCUT2D eigenvalue weighted by molar-refractivity contribution is 6.09. The molecule has 1 aromatic heterocycles. The number of nitrogens with zero attached hydrogens (tertiary/aromatic N) is 3. The number of carbonyl (C=O) groups excluding carboxylic acids is 4. The lowest BCUT2D eigenvalue weighted by Crippen LogP contribution is -2.66. The summed E-state index contributed by atoms with van der Waals surface area (Å²) in [5.74, 6) is 2.16. The van der Waals surface area contributed by atoms with Crippen molar-refractivity contribution in [2.75, 3.05) is 52.0 Å². The molecule has 4 atom stereocenters. The van der Waals surface area contributed by atoms with Crippen LogP contribution in [0.5, 0.6) is 0 Å². The average Bonchev–Trinajstić information content (AvgIpc) is 3.31. The van der Waals surface area contributed by atoms with Gasteiger partial charge in [-0.15, -0.1) is 0 Å². The van der Waals surface area contributed by atoms with Crippen LogP contribution in [0.1, 0.15) is 55.5 Å². The van der Waals surface area contributed by atoms with Crippen molar-refractivity contribution in [2.45, 2.75) is 83.8 Å². The standard InChI is InChI=1S/C41H44F7N7O5.C8H13F3N2O3/c1-39(2,41(46,47)48)35(54-38(58)59-3)36(57)53-32(33(56)19-50-18-29-30(42)13-27(14-31(29)43)28(15-49)17-52-37(44)45)12-25-7-4-24(5-8-25)6-9-26-10-11-34(51-16-26)55-20-40(21-55)22-60-23-40;1-7(2,8(9,10)11)4(5(12)14)13-6(15)16-3/h4-5,7-8,10-11,13-17,32-33,35,37,50,56H,12,18-23,49H2,1-3H3,(H,53,57)(H,54,58);4H,1-3H3,(H2,12,14)(H,13,15)/t32-,33-,35+;4-/m01/s1. The molecule has 5 rings (SSSR count). The van der Waals surface area contributed by atoms with Gasteiger partial charge in [0.05, 0.1) is 55.8 Å². The number of alkyl halides is 8. The number of anilines is 1. The van der Waals surface area contributed by atoms with Crippen molar-refractivity contribution in [3.63, 3.8) is 0 Å². The van der Waals surface area contributed by atoms with E-state index < -0.39 is 108 Å². The predicted molar refractivity (Wildman–Crippen MR) is 256 cm³/mol. The number of benzene rings is 2. The van der Waals surface area contributed by atoms with Gasteiger partial charge in [-0.3, -0.25) is 9.59 Å². The topological polar surface area (TPSA) is 245 Å². The fourth-order valence-corrected chi connectivity index (χ4v) is 7.46. The third-order valence-electron chi connectivity index (χ3n) is 12.5. The number of hydrogen-bond acceptors (Lipinski definition) is 13. The smallest absolute Gasteiger partial charge is 0.407 e. The van der Waals surface area contributed by atoms with Crippen LogP contribution in [0.4, 0.5) is 59.3 Å². The van der Waals surface area contributed by atoms with Gasteiger partial charge in [-0.2, -0.15) is 35.1 Å². The Balaban J connectivity index is 0.000000671. The van der Waals surface area contributed by atoms with Gasteiger partial charge in [-0.1, -0.05) is 24.0 Å². The van der Waals surface area contributed by atoms with Gasteiger partial charge in [0.2, 0.25) is 11.8 Å². The summed E-state index contributed by atoms with van der Waals surface area (Å²) in [6.07, 6.45) is -10.7. The molecule has 2 saturated heterocycles. The summed E-state index contributed by atoms with van der Waals surface area (Å²) in [4.78, 5) is 56.9. The van der Waals surface area contributed by atoms with E-state index in [1.807, 2.05) is 17.4 Å². The van der Waals surface area contributed by atoms with Crippen LogP contribution in [0.2, 0.25) is 0 Å². The summed E-state index contributed by atoms with van der Waals surface area (Å²) in [6.45, 7) is 2.21. The number of pyridine rings is 1. The van der Waals surface area contributed by atoms with Crippen molar-refractivity contribution in [2.24, 2.45) is 32.7 Å². The lowest BCUT2D eigenvalue weighted by Gasteiger charge is -2.55. The first kappa shape index (κ1) is 61.4. The Morgan fingerprint density at radius 3 is 1.84 bits per heavy atom. The van der Waals surface area contributed by atoms with E-state index in [0.717, 1.165) is 78.5 Å². The number of aliphatic imine (C=N–C) groups is 1. The number of halogens is 10. The van der Waals surface area contributed by atoms with Crippen LogP contribution in [0.25, 0.3) is 5.57 Å². The molecule has 0 radical (unpaired) electrons. The van der Waals surface area contributed by atoms with E-state index in [2.05, 4.69) is 46.8 Å². The minimum atomic E-state index is -4.98. The van der Waals surface area contributed by atoms with Crippen LogP contribution in [0.3, 0.4) is 0 Å². The lowest BCUT2D eigenvalue weighted by atomic mass is 9.78. The van der Waals surface area contributed by atoms with Crippen LogP contribution in [-0.4, -0.2) is 131 Å². The second-order valence-corrected chi connectivity index (χ2v) is 18.8. The maximum Gasteiger partial charge on any atom is 0.407 e. The molecule has 2 fully saturated rings. The zero-order valence-corrected chi connectivity index (χ0v) is 41.8. The molecule has 3 aromatic rings. The zero-order chi connectivity index (χ0) is 57.0. The van der Waals surface area contributed by atoms with Gasteiger partial charge in [0.15, 0.2) is 0 Å². The van der Waals surface area contributed by atoms with E-state index >= 15 is 8.78 Å². The highest BCUT2D eigenvalue weighted by atomic mass is 19.4. The number of aromatic nitrogens is 1. The molecule has 4 amide bonds. The molecule has 2 aliphatic heterocycles. The first-order chi connectivity index (χ1) is 35.4. The minimum Gasteiger partial charge on any atom is -0.453 e. The van der Waals surface area contributed by atoms with E-state index in [0.29, 0.717) is 36.8 Å². The predicted octanol–water partition coefficient (Wildman–Crippen LogP) is 5.47. The number of aliphatic hydroxyl groups excluding tert-OH is 1. The zero-order valence-electron chi connectivity index (χ0n) is 41.8. The number of ether oxygens (including phenoxy) is 3. The van der Waals surface area contributed by atoms with Crippen LogP contribution in [0.15, 0.2) is 65.9 Å². The van der Waals surface area contributed by atoms with Crippen molar-refractivity contribution in [1.29, 1.82) is 0 Å². The molecule has 0 unspecified atom stereocenters. The molecule has 416 valence electrons. The molecule has 9 N–H and O–H groups in total. The molecule has 2 aromatic carbocycles. The fourth-order valence-electron chi connectivity index (χ4n) is 7.46. The minimum absolute atomic E-state index is 0.152. The van der Waals surface area contributed by atoms with Gasteiger partial charge >= 0.3 is 31.1 Å². The van der Waals surface area contributed by atoms with Gasteiger partial charge in [0.25, 0.3) is 0 Å². The SMILES string of the molecule is COC(=O)N[C@H](C(=O)N[C@@H](Cc1ccc(C#Cc2ccc(N3CC4(COC4)C3)nc2)cc1)[C@@H](O)CNCc1c(F)cc(C(C=NC(F)F)=CN)cc1F)C(C)(C)C(F)(F)F.COC(=O)N[C@H](C(N)=O)C(C)(C)C(F)(F)F. The normalized spacial score (nSPS) is 16.1. The number of amides is 4.